The molecule has 0 spiro atoms. The Labute approximate surface area is 152 Å². The van der Waals surface area contributed by atoms with Crippen molar-refractivity contribution in [1.29, 1.82) is 0 Å². The lowest BCUT2D eigenvalue weighted by Crippen LogP contribution is -2.59. The fourth-order valence-corrected chi connectivity index (χ4v) is 5.75. The van der Waals surface area contributed by atoms with E-state index in [2.05, 4.69) is 0 Å². The molecule has 3 rings (SSSR count). The van der Waals surface area contributed by atoms with Gasteiger partial charge in [0, 0.05) is 0 Å². The molecule has 26 heavy (non-hydrogen) atoms. The molecule has 2 saturated carbocycles. The van der Waals surface area contributed by atoms with Crippen molar-refractivity contribution >= 4 is 16.1 Å². The van der Waals surface area contributed by atoms with Crippen molar-refractivity contribution in [2.45, 2.75) is 69.6 Å². The van der Waals surface area contributed by atoms with E-state index in [0.717, 1.165) is 10.7 Å². The van der Waals surface area contributed by atoms with Crippen LogP contribution in [-0.2, 0) is 19.7 Å². The topological polar surface area (TPSA) is 116 Å². The lowest BCUT2D eigenvalue weighted by atomic mass is 9.66. The molecule has 1 aliphatic heterocycles. The number of rotatable bonds is 5. The Hall–Kier alpha value is -0.810. The van der Waals surface area contributed by atoms with Crippen LogP contribution in [0.4, 0.5) is 4.39 Å². The highest BCUT2D eigenvalue weighted by atomic mass is 32.2. The van der Waals surface area contributed by atoms with Gasteiger partial charge in [0.2, 0.25) is 5.91 Å². The minimum Gasteiger partial charge on any atom is -0.391 e. The van der Waals surface area contributed by atoms with E-state index in [4.69, 9.17) is 4.74 Å². The highest BCUT2D eigenvalue weighted by Gasteiger charge is 2.53. The molecular formula is C16H27FN2O6S. The molecule has 8 nitrogen and oxygen atoms in total. The van der Waals surface area contributed by atoms with E-state index in [1.807, 2.05) is 11.6 Å². The summed E-state index contributed by atoms with van der Waals surface area (Å²) in [5.74, 6) is -1.20. The van der Waals surface area contributed by atoms with Crippen molar-refractivity contribution in [3.63, 3.8) is 0 Å². The van der Waals surface area contributed by atoms with Crippen LogP contribution in [0.1, 0.15) is 39.0 Å². The van der Waals surface area contributed by atoms with Gasteiger partial charge in [-0.2, -0.15) is 12.7 Å². The maximum absolute atomic E-state index is 15.3. The second-order valence-corrected chi connectivity index (χ2v) is 9.19. The number of carbonyl (C=O) groups is 1. The van der Waals surface area contributed by atoms with Crippen LogP contribution in [0.2, 0.25) is 0 Å². The SMILES string of the molecule is CCC(O)COC1CCC2CC(O)C(N3CC(=O)NS3(=O)=O)C(F)C2C1. The van der Waals surface area contributed by atoms with E-state index in [-0.39, 0.29) is 18.6 Å². The van der Waals surface area contributed by atoms with E-state index in [1.54, 1.807) is 0 Å². The Bertz CT molecular complexity index is 632. The summed E-state index contributed by atoms with van der Waals surface area (Å²) in [6.07, 6.45) is -0.756. The van der Waals surface area contributed by atoms with Gasteiger partial charge in [0.15, 0.2) is 0 Å². The van der Waals surface area contributed by atoms with Gasteiger partial charge in [0.1, 0.15) is 6.17 Å². The first-order valence-corrected chi connectivity index (χ1v) is 10.6. The van der Waals surface area contributed by atoms with E-state index in [1.165, 1.54) is 0 Å². The van der Waals surface area contributed by atoms with Crippen molar-refractivity contribution in [3.8, 4) is 0 Å². The number of nitrogens with zero attached hydrogens (tertiary/aromatic N) is 1. The highest BCUT2D eigenvalue weighted by molar-refractivity contribution is 7.88. The molecule has 0 radical (unpaired) electrons. The number of amides is 1. The van der Waals surface area contributed by atoms with Crippen LogP contribution in [0.5, 0.6) is 0 Å². The monoisotopic (exact) mass is 394 g/mol. The summed E-state index contributed by atoms with van der Waals surface area (Å²) < 4.78 is 47.7. The van der Waals surface area contributed by atoms with Gasteiger partial charge in [0.25, 0.3) is 0 Å². The third-order valence-corrected chi connectivity index (χ3v) is 7.33. The maximum Gasteiger partial charge on any atom is 0.304 e. The normalized spacial score (nSPS) is 41.5. The number of carbonyl (C=O) groups excluding carboxylic acids is 1. The predicted octanol–water partition coefficient (Wildman–Crippen LogP) is -0.293. The van der Waals surface area contributed by atoms with Crippen molar-refractivity contribution in [3.05, 3.63) is 0 Å². The van der Waals surface area contributed by atoms with E-state index < -0.39 is 53.0 Å². The molecule has 3 fully saturated rings. The Kier molecular flexibility index (Phi) is 5.88. The number of aliphatic hydroxyl groups is 2. The number of halogens is 1. The van der Waals surface area contributed by atoms with E-state index >= 15 is 4.39 Å². The highest BCUT2D eigenvalue weighted by Crippen LogP contribution is 2.45. The minimum absolute atomic E-state index is 0.0406. The molecular weight excluding hydrogens is 367 g/mol. The van der Waals surface area contributed by atoms with Gasteiger partial charge >= 0.3 is 10.2 Å². The molecule has 7 unspecified atom stereocenters. The first-order valence-electron chi connectivity index (χ1n) is 9.17. The number of nitrogens with one attached hydrogen (secondary N) is 1. The van der Waals surface area contributed by atoms with Gasteiger partial charge in [0.05, 0.1) is 37.5 Å². The molecule has 0 aromatic rings. The molecule has 0 aromatic carbocycles. The van der Waals surface area contributed by atoms with Gasteiger partial charge in [-0.1, -0.05) is 6.92 Å². The molecule has 0 bridgehead atoms. The summed E-state index contributed by atoms with van der Waals surface area (Å²) in [7, 11) is -4.11. The van der Waals surface area contributed by atoms with Crippen LogP contribution in [0.25, 0.3) is 0 Å². The standard InChI is InChI=1S/C16H27FN2O6S/c1-2-10(20)8-25-11-4-3-9-5-13(21)16(15(17)12(9)6-11)19-7-14(22)18-26(19,23)24/h9-13,15-16,20-21H,2-8H2,1H3,(H,18,22). The minimum atomic E-state index is -4.11. The van der Waals surface area contributed by atoms with Gasteiger partial charge in [-0.15, -0.1) is 0 Å². The molecule has 150 valence electrons. The Balaban J connectivity index is 1.71. The van der Waals surface area contributed by atoms with Crippen molar-refractivity contribution in [2.24, 2.45) is 11.8 Å². The van der Waals surface area contributed by atoms with Gasteiger partial charge in [-0.3, -0.25) is 4.79 Å². The molecule has 10 heteroatoms. The molecule has 1 heterocycles. The first-order chi connectivity index (χ1) is 12.2. The number of fused-ring (bicyclic) bond motifs is 1. The first kappa shape index (κ1) is 19.9. The largest absolute Gasteiger partial charge is 0.391 e. The smallest absolute Gasteiger partial charge is 0.304 e. The summed E-state index contributed by atoms with van der Waals surface area (Å²) in [4.78, 5) is 11.5. The van der Waals surface area contributed by atoms with Gasteiger partial charge < -0.3 is 14.9 Å². The predicted molar refractivity (Wildman–Crippen MR) is 89.9 cm³/mol. The Morgan fingerprint density at radius 1 is 1.38 bits per heavy atom. The van der Waals surface area contributed by atoms with Crippen molar-refractivity contribution < 1.29 is 32.6 Å². The Morgan fingerprint density at radius 3 is 2.73 bits per heavy atom. The Morgan fingerprint density at radius 2 is 2.12 bits per heavy atom. The molecule has 2 aliphatic carbocycles. The number of aliphatic hydroxyl groups excluding tert-OH is 2. The number of hydrogen-bond acceptors (Lipinski definition) is 6. The third kappa shape index (κ3) is 3.89. The average molecular weight is 394 g/mol. The van der Waals surface area contributed by atoms with Gasteiger partial charge in [-0.05, 0) is 43.9 Å². The molecule has 1 saturated heterocycles. The fraction of sp³-hybridized carbons (Fsp3) is 0.938. The van der Waals surface area contributed by atoms with Crippen LogP contribution in [0.15, 0.2) is 0 Å². The van der Waals surface area contributed by atoms with Crippen molar-refractivity contribution in [1.82, 2.24) is 9.03 Å². The maximum atomic E-state index is 15.3. The molecule has 7 atom stereocenters. The fourth-order valence-electron chi connectivity index (χ4n) is 4.42. The average Bonchev–Trinajstić information content (AvgIpc) is 2.85. The molecule has 3 N–H and O–H groups in total. The molecule has 3 aliphatic rings. The second-order valence-electron chi connectivity index (χ2n) is 7.57. The summed E-state index contributed by atoms with van der Waals surface area (Å²) >= 11 is 0. The number of hydrogen-bond donors (Lipinski definition) is 3. The summed E-state index contributed by atoms with van der Waals surface area (Å²) in [5.41, 5.74) is 0. The lowest BCUT2D eigenvalue weighted by Gasteiger charge is -2.47. The number of ether oxygens (including phenoxy) is 1. The van der Waals surface area contributed by atoms with Gasteiger partial charge in [-0.25, -0.2) is 9.11 Å². The van der Waals surface area contributed by atoms with Crippen LogP contribution >= 0.6 is 0 Å². The summed E-state index contributed by atoms with van der Waals surface area (Å²) in [6, 6.07) is -1.26. The van der Waals surface area contributed by atoms with Crippen molar-refractivity contribution in [2.75, 3.05) is 13.2 Å². The molecule has 1 amide bonds. The zero-order valence-electron chi connectivity index (χ0n) is 14.8. The quantitative estimate of drug-likeness (QED) is 0.590. The van der Waals surface area contributed by atoms with Crippen LogP contribution in [0.3, 0.4) is 0 Å². The lowest BCUT2D eigenvalue weighted by molar-refractivity contribution is -0.121. The summed E-state index contributed by atoms with van der Waals surface area (Å²) in [6.45, 7) is 1.58. The third-order valence-electron chi connectivity index (χ3n) is 5.85. The van der Waals surface area contributed by atoms with E-state index in [9.17, 15) is 23.4 Å². The second kappa shape index (κ2) is 7.67. The number of alkyl halides is 1. The zero-order valence-corrected chi connectivity index (χ0v) is 15.6. The van der Waals surface area contributed by atoms with E-state index in [0.29, 0.717) is 25.7 Å². The van der Waals surface area contributed by atoms with Crippen LogP contribution in [-0.4, -0.2) is 72.5 Å². The van der Waals surface area contributed by atoms with Crippen LogP contribution in [0, 0.1) is 11.8 Å². The summed E-state index contributed by atoms with van der Waals surface area (Å²) in [5, 5.41) is 20.0. The zero-order chi connectivity index (χ0) is 19.1. The molecule has 0 aromatic heterocycles. The van der Waals surface area contributed by atoms with Crippen LogP contribution < -0.4 is 4.72 Å².